The lowest BCUT2D eigenvalue weighted by Gasteiger charge is -2.11. The summed E-state index contributed by atoms with van der Waals surface area (Å²) in [7, 11) is 0. The molecule has 0 saturated carbocycles. The average Bonchev–Trinajstić information content (AvgIpc) is 2.53. The van der Waals surface area contributed by atoms with Crippen LogP contribution in [-0.4, -0.2) is 21.9 Å². The minimum absolute atomic E-state index is 0.0110. The molecule has 0 fully saturated rings. The highest BCUT2D eigenvalue weighted by molar-refractivity contribution is 9.10. The molecule has 2 amide bonds. The van der Waals surface area contributed by atoms with E-state index in [4.69, 9.17) is 12.2 Å². The number of thiocarbonyl (C=S) groups is 1. The first kappa shape index (κ1) is 16.1. The molecule has 2 rings (SSSR count). The molecule has 0 aliphatic rings. The number of hydrazine groups is 1. The number of aromatic nitrogens is 1. The third kappa shape index (κ3) is 4.34. The predicted molar refractivity (Wildman–Crippen MR) is 89.0 cm³/mol. The van der Waals surface area contributed by atoms with E-state index in [1.807, 2.05) is 0 Å². The van der Waals surface area contributed by atoms with Gasteiger partial charge in [-0.2, -0.15) is 0 Å². The third-order valence-corrected chi connectivity index (χ3v) is 3.47. The van der Waals surface area contributed by atoms with Crippen molar-refractivity contribution in [3.63, 3.8) is 0 Å². The molecule has 0 radical (unpaired) electrons. The highest BCUT2D eigenvalue weighted by Crippen LogP contribution is 2.15. The Bertz CT molecular complexity index is 709. The van der Waals surface area contributed by atoms with Gasteiger partial charge in [-0.1, -0.05) is 12.1 Å². The largest absolute Gasteiger partial charge is 0.298 e. The number of pyridine rings is 1. The van der Waals surface area contributed by atoms with Gasteiger partial charge >= 0.3 is 0 Å². The molecule has 0 unspecified atom stereocenters. The third-order valence-electron chi connectivity index (χ3n) is 2.58. The molecular formula is C14H11BrN4O2S. The highest BCUT2D eigenvalue weighted by Gasteiger charge is 2.11. The maximum Gasteiger partial charge on any atom is 0.269 e. The first-order valence-electron chi connectivity index (χ1n) is 6.14. The molecular weight excluding hydrogens is 368 g/mol. The normalized spacial score (nSPS) is 9.68. The summed E-state index contributed by atoms with van der Waals surface area (Å²) in [6.07, 6.45) is 3.00. The lowest BCUT2D eigenvalue weighted by atomic mass is 10.2. The van der Waals surface area contributed by atoms with Crippen molar-refractivity contribution in [2.75, 3.05) is 0 Å². The molecule has 1 aromatic heterocycles. The zero-order valence-corrected chi connectivity index (χ0v) is 13.6. The Morgan fingerprint density at radius 3 is 2.36 bits per heavy atom. The van der Waals surface area contributed by atoms with Crippen molar-refractivity contribution in [2.45, 2.75) is 0 Å². The van der Waals surface area contributed by atoms with Gasteiger partial charge in [0.1, 0.15) is 0 Å². The number of carbonyl (C=O) groups is 2. The second kappa shape index (κ2) is 7.62. The summed E-state index contributed by atoms with van der Waals surface area (Å²) in [4.78, 5) is 27.6. The summed E-state index contributed by atoms with van der Waals surface area (Å²) in [5.74, 6) is -0.775. The van der Waals surface area contributed by atoms with Crippen molar-refractivity contribution in [2.24, 2.45) is 0 Å². The van der Waals surface area contributed by atoms with Gasteiger partial charge in [-0.25, -0.2) is 0 Å². The second-order valence-corrected chi connectivity index (χ2v) is 5.34. The lowest BCUT2D eigenvalue weighted by molar-refractivity contribution is 0.0934. The number of carbonyl (C=O) groups excluding carboxylic acids is 2. The maximum absolute atomic E-state index is 12.0. The summed E-state index contributed by atoms with van der Waals surface area (Å²) in [5.41, 5.74) is 5.71. The fourth-order valence-corrected chi connectivity index (χ4v) is 2.14. The van der Waals surface area contributed by atoms with Gasteiger partial charge in [0.25, 0.3) is 11.8 Å². The van der Waals surface area contributed by atoms with Crippen molar-refractivity contribution in [3.8, 4) is 0 Å². The van der Waals surface area contributed by atoms with Crippen LogP contribution in [0.15, 0.2) is 53.3 Å². The predicted octanol–water partition coefficient (Wildman–Crippen LogP) is 1.79. The maximum atomic E-state index is 12.0. The molecule has 0 bridgehead atoms. The van der Waals surface area contributed by atoms with E-state index in [0.717, 1.165) is 0 Å². The second-order valence-electron chi connectivity index (χ2n) is 4.08. The van der Waals surface area contributed by atoms with Crippen LogP contribution in [0.1, 0.15) is 20.7 Å². The molecule has 1 aromatic carbocycles. The number of hydrogen-bond donors (Lipinski definition) is 3. The molecule has 1 heterocycles. The van der Waals surface area contributed by atoms with E-state index in [1.165, 1.54) is 12.4 Å². The van der Waals surface area contributed by atoms with E-state index in [9.17, 15) is 9.59 Å². The number of benzene rings is 1. The quantitative estimate of drug-likeness (QED) is 0.548. The van der Waals surface area contributed by atoms with Crippen LogP contribution < -0.4 is 16.2 Å². The summed E-state index contributed by atoms with van der Waals surface area (Å²) in [6.45, 7) is 0. The minimum atomic E-state index is -0.389. The van der Waals surface area contributed by atoms with Gasteiger partial charge in [0, 0.05) is 22.4 Å². The van der Waals surface area contributed by atoms with Crippen LogP contribution in [-0.2, 0) is 0 Å². The van der Waals surface area contributed by atoms with E-state index in [1.54, 1.807) is 36.4 Å². The molecule has 0 atom stereocenters. The molecule has 6 nitrogen and oxygen atoms in total. The van der Waals surface area contributed by atoms with Gasteiger partial charge in [0.05, 0.1) is 5.56 Å². The zero-order valence-electron chi connectivity index (χ0n) is 11.2. The molecule has 3 N–H and O–H groups in total. The van der Waals surface area contributed by atoms with Crippen LogP contribution >= 0.6 is 28.1 Å². The van der Waals surface area contributed by atoms with Crippen LogP contribution in [0.4, 0.5) is 0 Å². The summed E-state index contributed by atoms with van der Waals surface area (Å²) < 4.78 is 0.649. The standard InChI is InChI=1S/C14H11BrN4O2S/c15-11-4-2-1-3-10(11)13(21)17-14(22)19-18-12(20)9-5-7-16-8-6-9/h1-8H,(H,18,20)(H2,17,19,21,22). The Morgan fingerprint density at radius 2 is 1.68 bits per heavy atom. The van der Waals surface area contributed by atoms with Gasteiger partial charge in [-0.3, -0.25) is 30.7 Å². The first-order chi connectivity index (χ1) is 10.6. The van der Waals surface area contributed by atoms with Crippen molar-refractivity contribution in [1.82, 2.24) is 21.2 Å². The molecule has 112 valence electrons. The molecule has 0 spiro atoms. The van der Waals surface area contributed by atoms with Crippen LogP contribution in [0, 0.1) is 0 Å². The lowest BCUT2D eigenvalue weighted by Crippen LogP contribution is -2.48. The smallest absolute Gasteiger partial charge is 0.269 e. The number of amides is 2. The monoisotopic (exact) mass is 378 g/mol. The topological polar surface area (TPSA) is 83.1 Å². The van der Waals surface area contributed by atoms with Crippen molar-refractivity contribution in [3.05, 3.63) is 64.4 Å². The van der Waals surface area contributed by atoms with E-state index >= 15 is 0 Å². The molecule has 0 saturated heterocycles. The van der Waals surface area contributed by atoms with Crippen molar-refractivity contribution < 1.29 is 9.59 Å². The SMILES string of the molecule is O=C(NNC(=S)NC(=O)c1ccccc1Br)c1ccncc1. The first-order valence-corrected chi connectivity index (χ1v) is 7.34. The van der Waals surface area contributed by atoms with Gasteiger partial charge in [-0.05, 0) is 52.4 Å². The number of hydrogen-bond acceptors (Lipinski definition) is 4. The Labute approximate surface area is 140 Å². The van der Waals surface area contributed by atoms with Crippen LogP contribution in [0.25, 0.3) is 0 Å². The summed E-state index contributed by atoms with van der Waals surface area (Å²) in [6, 6.07) is 10.0. The fourth-order valence-electron chi connectivity index (χ4n) is 1.54. The van der Waals surface area contributed by atoms with Crippen LogP contribution in [0.2, 0.25) is 0 Å². The Balaban J connectivity index is 1.87. The van der Waals surface area contributed by atoms with Gasteiger partial charge in [0.15, 0.2) is 5.11 Å². The number of rotatable bonds is 2. The van der Waals surface area contributed by atoms with Crippen LogP contribution in [0.3, 0.4) is 0 Å². The van der Waals surface area contributed by atoms with Crippen molar-refractivity contribution in [1.29, 1.82) is 0 Å². The molecule has 0 aliphatic carbocycles. The van der Waals surface area contributed by atoms with Gasteiger partial charge in [-0.15, -0.1) is 0 Å². The molecule has 0 aliphatic heterocycles. The molecule has 22 heavy (non-hydrogen) atoms. The highest BCUT2D eigenvalue weighted by atomic mass is 79.9. The fraction of sp³-hybridized carbons (Fsp3) is 0. The summed E-state index contributed by atoms with van der Waals surface area (Å²) in [5, 5.41) is 2.46. The zero-order chi connectivity index (χ0) is 15.9. The van der Waals surface area contributed by atoms with E-state index in [-0.39, 0.29) is 16.9 Å². The van der Waals surface area contributed by atoms with Gasteiger partial charge < -0.3 is 0 Å². The molecule has 2 aromatic rings. The Kier molecular flexibility index (Phi) is 5.56. The average molecular weight is 379 g/mol. The Morgan fingerprint density at radius 1 is 1.00 bits per heavy atom. The minimum Gasteiger partial charge on any atom is -0.298 e. The number of halogens is 1. The molecule has 8 heteroatoms. The summed E-state index contributed by atoms with van der Waals surface area (Å²) >= 11 is 8.24. The van der Waals surface area contributed by atoms with Gasteiger partial charge in [0.2, 0.25) is 0 Å². The Hall–Kier alpha value is -2.32. The van der Waals surface area contributed by atoms with Crippen LogP contribution in [0.5, 0.6) is 0 Å². The van der Waals surface area contributed by atoms with E-state index < -0.39 is 0 Å². The number of nitrogens with zero attached hydrogens (tertiary/aromatic N) is 1. The van der Waals surface area contributed by atoms with Crippen molar-refractivity contribution >= 4 is 45.1 Å². The number of nitrogens with one attached hydrogen (secondary N) is 3. The van der Waals surface area contributed by atoms with E-state index in [0.29, 0.717) is 15.6 Å². The van der Waals surface area contributed by atoms with E-state index in [2.05, 4.69) is 37.1 Å².